The van der Waals surface area contributed by atoms with E-state index in [2.05, 4.69) is 24.7 Å². The molecule has 14 heteroatoms. The summed E-state index contributed by atoms with van der Waals surface area (Å²) in [5.41, 5.74) is 5.69. The third kappa shape index (κ3) is 4.01. The Bertz CT molecular complexity index is 1130. The lowest BCUT2D eigenvalue weighted by atomic mass is 10.0. The summed E-state index contributed by atoms with van der Waals surface area (Å²) in [4.78, 5) is 47.2. The molecular formula is C18H17N7O5S2. The van der Waals surface area contributed by atoms with Crippen LogP contribution >= 0.6 is 23.3 Å². The summed E-state index contributed by atoms with van der Waals surface area (Å²) in [7, 11) is 1.25. The van der Waals surface area contributed by atoms with Crippen LogP contribution in [0, 0.1) is 0 Å². The van der Waals surface area contributed by atoms with Crippen LogP contribution in [-0.2, 0) is 25.8 Å². The molecular weight excluding hydrogens is 458 g/mol. The number of fused-ring (bicyclic) bond motifs is 1. The van der Waals surface area contributed by atoms with Gasteiger partial charge in [-0.1, -0.05) is 11.2 Å². The van der Waals surface area contributed by atoms with E-state index in [0.717, 1.165) is 16.4 Å². The Hall–Kier alpha value is -3.52. The molecule has 1 fully saturated rings. The lowest BCUT2D eigenvalue weighted by molar-refractivity contribution is -0.689. The monoisotopic (exact) mass is 475 g/mol. The number of nitrogen functional groups attached to an aromatic ring is 1. The van der Waals surface area contributed by atoms with Crippen molar-refractivity contribution in [1.82, 2.24) is 19.6 Å². The average molecular weight is 476 g/mol. The average Bonchev–Trinajstić information content (AvgIpc) is 3.21. The van der Waals surface area contributed by atoms with Gasteiger partial charge in [0.25, 0.3) is 11.8 Å². The third-order valence-corrected chi connectivity index (χ3v) is 6.61. The maximum Gasteiger partial charge on any atom is 0.278 e. The summed E-state index contributed by atoms with van der Waals surface area (Å²) in [5, 5.41) is 17.6. The van der Waals surface area contributed by atoms with Gasteiger partial charge in [0, 0.05) is 35.0 Å². The highest BCUT2D eigenvalue weighted by Crippen LogP contribution is 2.40. The van der Waals surface area contributed by atoms with E-state index in [4.69, 9.17) is 5.73 Å². The van der Waals surface area contributed by atoms with Crippen molar-refractivity contribution in [3.05, 3.63) is 47.7 Å². The molecule has 0 aliphatic carbocycles. The topological polar surface area (TPSA) is 167 Å². The number of rotatable bonds is 7. The third-order valence-electron chi connectivity index (χ3n) is 4.73. The van der Waals surface area contributed by atoms with Crippen LogP contribution in [0.25, 0.3) is 0 Å². The molecule has 4 heterocycles. The van der Waals surface area contributed by atoms with Crippen molar-refractivity contribution in [1.29, 1.82) is 0 Å². The summed E-state index contributed by atoms with van der Waals surface area (Å²) in [5.74, 6) is -2.43. The lowest BCUT2D eigenvalue weighted by Crippen LogP contribution is -2.71. The van der Waals surface area contributed by atoms with E-state index in [-0.39, 0.29) is 22.4 Å². The fraction of sp³-hybridized carbons (Fsp3) is 0.278. The number of nitrogens with two attached hydrogens (primary N) is 1. The molecule has 0 saturated carbocycles. The first kappa shape index (κ1) is 21.7. The van der Waals surface area contributed by atoms with E-state index in [1.807, 2.05) is 22.8 Å². The number of nitrogens with zero attached hydrogens (tertiary/aromatic N) is 5. The normalized spacial score (nSPS) is 20.5. The molecule has 0 spiro atoms. The van der Waals surface area contributed by atoms with Crippen LogP contribution in [0.4, 0.5) is 5.13 Å². The number of carbonyl (C=O) groups excluding carboxylic acids is 3. The zero-order valence-corrected chi connectivity index (χ0v) is 18.3. The molecule has 2 aromatic rings. The van der Waals surface area contributed by atoms with Crippen LogP contribution in [0.2, 0.25) is 0 Å². The first-order chi connectivity index (χ1) is 15.4. The van der Waals surface area contributed by atoms with Crippen molar-refractivity contribution in [3.63, 3.8) is 0 Å². The zero-order valence-electron chi connectivity index (χ0n) is 16.6. The van der Waals surface area contributed by atoms with Gasteiger partial charge in [0.15, 0.2) is 24.1 Å². The van der Waals surface area contributed by atoms with Crippen molar-refractivity contribution >= 4 is 51.9 Å². The van der Waals surface area contributed by atoms with Gasteiger partial charge in [-0.05, 0) is 0 Å². The molecule has 1 unspecified atom stereocenters. The highest BCUT2D eigenvalue weighted by molar-refractivity contribution is 8.00. The van der Waals surface area contributed by atoms with Gasteiger partial charge in [0.2, 0.25) is 11.5 Å². The summed E-state index contributed by atoms with van der Waals surface area (Å²) in [6.45, 7) is 0.298. The minimum atomic E-state index is -1.44. The number of amides is 2. The van der Waals surface area contributed by atoms with Crippen molar-refractivity contribution < 1.29 is 28.9 Å². The summed E-state index contributed by atoms with van der Waals surface area (Å²) in [6, 6.07) is 4.54. The van der Waals surface area contributed by atoms with E-state index in [9.17, 15) is 19.5 Å². The number of hydrogen-bond acceptors (Lipinski definition) is 11. The number of aliphatic carboxylic acids is 1. The highest BCUT2D eigenvalue weighted by atomic mass is 32.2. The van der Waals surface area contributed by atoms with Crippen LogP contribution in [0.15, 0.2) is 47.0 Å². The van der Waals surface area contributed by atoms with Gasteiger partial charge in [-0.15, -0.1) is 11.8 Å². The number of carboxylic acids is 1. The molecule has 0 aromatic carbocycles. The second-order valence-electron chi connectivity index (χ2n) is 6.73. The van der Waals surface area contributed by atoms with Gasteiger partial charge in [-0.25, -0.2) is 4.57 Å². The van der Waals surface area contributed by atoms with E-state index in [1.54, 1.807) is 12.4 Å². The molecule has 32 heavy (non-hydrogen) atoms. The quantitative estimate of drug-likeness (QED) is 0.197. The van der Waals surface area contributed by atoms with Crippen LogP contribution in [0.3, 0.4) is 0 Å². The predicted octanol–water partition coefficient (Wildman–Crippen LogP) is -2.14. The lowest BCUT2D eigenvalue weighted by Gasteiger charge is -2.50. The number of β-lactam (4-membered cyclic amide) rings is 1. The van der Waals surface area contributed by atoms with Gasteiger partial charge in [-0.2, -0.15) is 9.36 Å². The van der Waals surface area contributed by atoms with Crippen LogP contribution in [0.1, 0.15) is 5.82 Å². The van der Waals surface area contributed by atoms with Crippen molar-refractivity contribution in [3.8, 4) is 0 Å². The molecule has 4 rings (SSSR count). The standard InChI is InChI=1S/C18H17N7O5S2/c1-30-22-10(13-21-18(19)32-23-13)14(26)20-11-15(27)25-12(17(28)29)9(8-31-16(11)25)7-24-5-3-2-4-6-24/h2-6,11,16H,7-8H2,1H3,(H3-,19,20,21,23,26,28,29)/t11?,16-/m1/s1. The number of aromatic nitrogens is 3. The van der Waals surface area contributed by atoms with E-state index in [0.29, 0.717) is 17.9 Å². The summed E-state index contributed by atoms with van der Waals surface area (Å²) >= 11 is 2.23. The fourth-order valence-electron chi connectivity index (χ4n) is 3.37. The fourth-order valence-corrected chi connectivity index (χ4v) is 5.14. The molecule has 3 N–H and O–H groups in total. The molecule has 12 nitrogen and oxygen atoms in total. The first-order valence-electron chi connectivity index (χ1n) is 9.24. The minimum Gasteiger partial charge on any atom is -0.543 e. The minimum absolute atomic E-state index is 0.0377. The van der Waals surface area contributed by atoms with E-state index < -0.39 is 29.2 Å². The molecule has 0 bridgehead atoms. The van der Waals surface area contributed by atoms with Crippen molar-refractivity contribution in [2.75, 3.05) is 18.6 Å². The van der Waals surface area contributed by atoms with E-state index >= 15 is 0 Å². The van der Waals surface area contributed by atoms with E-state index in [1.165, 1.54) is 18.9 Å². The first-order valence-corrected chi connectivity index (χ1v) is 11.1. The number of anilines is 1. The molecule has 0 radical (unpaired) electrons. The Morgan fingerprint density at radius 2 is 2.16 bits per heavy atom. The molecule has 166 valence electrons. The van der Waals surface area contributed by atoms with Gasteiger partial charge >= 0.3 is 0 Å². The SMILES string of the molecule is CON=C(C(=O)NC1C(=O)N2C(C(=O)[O-])=C(C[n+]3ccccc3)CS[C@H]12)c1nsc(N)n1. The Balaban J connectivity index is 1.53. The number of nitrogens with one attached hydrogen (secondary N) is 1. The molecule has 2 aliphatic heterocycles. The smallest absolute Gasteiger partial charge is 0.278 e. The maximum absolute atomic E-state index is 12.8. The second kappa shape index (κ2) is 8.92. The maximum atomic E-state index is 12.8. The molecule has 2 amide bonds. The van der Waals surface area contributed by atoms with Crippen molar-refractivity contribution in [2.24, 2.45) is 5.16 Å². The second-order valence-corrected chi connectivity index (χ2v) is 8.62. The number of hydrogen-bond donors (Lipinski definition) is 2. The van der Waals surface area contributed by atoms with Crippen LogP contribution < -0.4 is 20.7 Å². The molecule has 1 saturated heterocycles. The largest absolute Gasteiger partial charge is 0.543 e. The molecule has 2 aromatic heterocycles. The van der Waals surface area contributed by atoms with Gasteiger partial charge in [0.05, 0.1) is 11.7 Å². The van der Waals surface area contributed by atoms with Crippen LogP contribution in [-0.4, -0.2) is 62.0 Å². The Morgan fingerprint density at radius 1 is 1.41 bits per heavy atom. The number of thioether (sulfide) groups is 1. The summed E-state index contributed by atoms with van der Waals surface area (Å²) in [6.07, 6.45) is 3.60. The molecule has 2 aliphatic rings. The van der Waals surface area contributed by atoms with Crippen LogP contribution in [0.5, 0.6) is 0 Å². The highest BCUT2D eigenvalue weighted by Gasteiger charge is 2.53. The molecule has 2 atom stereocenters. The van der Waals surface area contributed by atoms with Gasteiger partial charge < -0.3 is 25.8 Å². The number of pyridine rings is 1. The Labute approximate surface area is 189 Å². The number of carbonyl (C=O) groups is 3. The zero-order chi connectivity index (χ0) is 22.8. The van der Waals surface area contributed by atoms with Gasteiger partial charge in [-0.3, -0.25) is 14.5 Å². The number of carboxylic acid groups (broad SMARTS) is 1. The van der Waals surface area contributed by atoms with Gasteiger partial charge in [0.1, 0.15) is 18.5 Å². The summed E-state index contributed by atoms with van der Waals surface area (Å²) < 4.78 is 5.74. The Kier molecular flexibility index (Phi) is 6.05. The Morgan fingerprint density at radius 3 is 2.78 bits per heavy atom. The number of oxime groups is 1. The van der Waals surface area contributed by atoms with Crippen molar-refractivity contribution in [2.45, 2.75) is 18.0 Å². The predicted molar refractivity (Wildman–Crippen MR) is 112 cm³/mol.